The second kappa shape index (κ2) is 6.69. The van der Waals surface area contributed by atoms with Gasteiger partial charge in [0.15, 0.2) is 11.3 Å². The summed E-state index contributed by atoms with van der Waals surface area (Å²) in [6.45, 7) is 1.64. The number of amides is 1. The first kappa shape index (κ1) is 18.9. The van der Waals surface area contributed by atoms with E-state index in [4.69, 9.17) is 0 Å². The second-order valence-electron chi connectivity index (χ2n) is 7.67. The lowest BCUT2D eigenvalue weighted by atomic mass is 10.2. The zero-order chi connectivity index (χ0) is 21.0. The average molecular weight is 420 g/mol. The van der Waals surface area contributed by atoms with Gasteiger partial charge in [0.2, 0.25) is 0 Å². The predicted octanol–water partition coefficient (Wildman–Crippen LogP) is 1.67. The molecular formula is C18H19F3N8O. The molecule has 0 aliphatic carbocycles. The van der Waals surface area contributed by atoms with Gasteiger partial charge in [-0.05, 0) is 18.9 Å². The molecule has 3 aromatic heterocycles. The molecule has 2 unspecified atom stereocenters. The zero-order valence-electron chi connectivity index (χ0n) is 16.0. The van der Waals surface area contributed by atoms with Crippen LogP contribution in [0.5, 0.6) is 0 Å². The third kappa shape index (κ3) is 3.26. The molecule has 5 rings (SSSR count). The third-order valence-corrected chi connectivity index (χ3v) is 5.49. The molecule has 2 fully saturated rings. The molecule has 2 aliphatic heterocycles. The largest absolute Gasteiger partial charge is 0.437 e. The Balaban J connectivity index is 1.44. The molecule has 2 atom stereocenters. The molecule has 158 valence electrons. The van der Waals surface area contributed by atoms with E-state index < -0.39 is 23.5 Å². The molecule has 2 bridgehead atoms. The molecule has 5 heterocycles. The first-order valence-corrected chi connectivity index (χ1v) is 9.55. The maximum absolute atomic E-state index is 13.2. The highest BCUT2D eigenvalue weighted by molar-refractivity contribution is 6.08. The van der Waals surface area contributed by atoms with Crippen molar-refractivity contribution in [2.75, 3.05) is 23.3 Å². The van der Waals surface area contributed by atoms with E-state index in [1.54, 1.807) is 6.20 Å². The van der Waals surface area contributed by atoms with Crippen LogP contribution in [0, 0.1) is 0 Å². The first-order valence-electron chi connectivity index (χ1n) is 9.55. The maximum atomic E-state index is 13.2. The number of piperazine rings is 1. The number of nitrogens with one attached hydrogen (secondary N) is 2. The summed E-state index contributed by atoms with van der Waals surface area (Å²) in [6.07, 6.45) is 1.67. The number of halogens is 3. The van der Waals surface area contributed by atoms with Gasteiger partial charge in [-0.2, -0.15) is 23.4 Å². The third-order valence-electron chi connectivity index (χ3n) is 5.49. The van der Waals surface area contributed by atoms with Gasteiger partial charge in [-0.25, -0.2) is 9.50 Å². The van der Waals surface area contributed by atoms with Gasteiger partial charge in [0.1, 0.15) is 11.4 Å². The number of hydrogen-bond donors (Lipinski definition) is 2. The van der Waals surface area contributed by atoms with Crippen molar-refractivity contribution in [2.24, 2.45) is 7.05 Å². The smallest absolute Gasteiger partial charge is 0.353 e. The minimum Gasteiger partial charge on any atom is -0.353 e. The summed E-state index contributed by atoms with van der Waals surface area (Å²) in [4.78, 5) is 19.5. The molecule has 0 spiro atoms. The summed E-state index contributed by atoms with van der Waals surface area (Å²) in [5.74, 6) is -0.0126. The maximum Gasteiger partial charge on any atom is 0.437 e. The van der Waals surface area contributed by atoms with Crippen LogP contribution < -0.4 is 15.5 Å². The number of carbonyl (C=O) groups is 1. The number of aromatic nitrogens is 5. The number of hydrogen-bond acceptors (Lipinski definition) is 6. The quantitative estimate of drug-likeness (QED) is 0.670. The van der Waals surface area contributed by atoms with Crippen LogP contribution in [0.25, 0.3) is 5.65 Å². The number of nitrogens with zero attached hydrogens (tertiary/aromatic N) is 6. The van der Waals surface area contributed by atoms with Crippen LogP contribution in [-0.2, 0) is 13.2 Å². The molecule has 3 aromatic rings. The number of anilines is 2. The van der Waals surface area contributed by atoms with Gasteiger partial charge in [0.05, 0.1) is 11.9 Å². The Bertz CT molecular complexity index is 1110. The van der Waals surface area contributed by atoms with Crippen LogP contribution in [0.1, 0.15) is 28.9 Å². The van der Waals surface area contributed by atoms with E-state index >= 15 is 0 Å². The average Bonchev–Trinajstić information content (AvgIpc) is 3.37. The molecule has 0 radical (unpaired) electrons. The van der Waals surface area contributed by atoms with Crippen molar-refractivity contribution in [1.29, 1.82) is 0 Å². The van der Waals surface area contributed by atoms with Crippen LogP contribution in [0.15, 0.2) is 24.7 Å². The van der Waals surface area contributed by atoms with Gasteiger partial charge in [0, 0.05) is 44.6 Å². The number of aryl methyl sites for hydroxylation is 1. The van der Waals surface area contributed by atoms with Crippen molar-refractivity contribution in [3.63, 3.8) is 0 Å². The van der Waals surface area contributed by atoms with E-state index in [0.717, 1.165) is 36.8 Å². The Morgan fingerprint density at radius 3 is 2.70 bits per heavy atom. The SMILES string of the molecule is Cn1cc(NC(=O)c2cnn3ccc(N4CC5CCC(C4)N5)nc23)c(C(F)(F)F)n1. The van der Waals surface area contributed by atoms with Crippen LogP contribution in [0.2, 0.25) is 0 Å². The number of fused-ring (bicyclic) bond motifs is 3. The molecular weight excluding hydrogens is 401 g/mol. The number of alkyl halides is 3. The fourth-order valence-electron chi connectivity index (χ4n) is 4.16. The van der Waals surface area contributed by atoms with Gasteiger partial charge in [-0.15, -0.1) is 0 Å². The molecule has 12 heteroatoms. The van der Waals surface area contributed by atoms with Crippen molar-refractivity contribution in [3.05, 3.63) is 35.9 Å². The van der Waals surface area contributed by atoms with Gasteiger partial charge in [0.25, 0.3) is 5.91 Å². The lowest BCUT2D eigenvalue weighted by Crippen LogP contribution is -2.51. The van der Waals surface area contributed by atoms with E-state index in [0.29, 0.717) is 17.9 Å². The van der Waals surface area contributed by atoms with Crippen LogP contribution in [-0.4, -0.2) is 55.5 Å². The lowest BCUT2D eigenvalue weighted by Gasteiger charge is -2.33. The van der Waals surface area contributed by atoms with E-state index in [1.807, 2.05) is 6.07 Å². The monoisotopic (exact) mass is 420 g/mol. The van der Waals surface area contributed by atoms with E-state index in [1.165, 1.54) is 17.8 Å². The first-order chi connectivity index (χ1) is 14.3. The van der Waals surface area contributed by atoms with Gasteiger partial charge < -0.3 is 15.5 Å². The van der Waals surface area contributed by atoms with Crippen LogP contribution >= 0.6 is 0 Å². The molecule has 30 heavy (non-hydrogen) atoms. The van der Waals surface area contributed by atoms with Crippen molar-refractivity contribution in [2.45, 2.75) is 31.1 Å². The van der Waals surface area contributed by atoms with Crippen molar-refractivity contribution in [3.8, 4) is 0 Å². The Hall–Kier alpha value is -3.15. The summed E-state index contributed by atoms with van der Waals surface area (Å²) >= 11 is 0. The van der Waals surface area contributed by atoms with Crippen molar-refractivity contribution < 1.29 is 18.0 Å². The Morgan fingerprint density at radius 1 is 1.27 bits per heavy atom. The number of carbonyl (C=O) groups excluding carboxylic acids is 1. The van der Waals surface area contributed by atoms with Crippen LogP contribution in [0.3, 0.4) is 0 Å². The van der Waals surface area contributed by atoms with Crippen molar-refractivity contribution >= 4 is 23.1 Å². The summed E-state index contributed by atoms with van der Waals surface area (Å²) < 4.78 is 41.9. The second-order valence-corrected chi connectivity index (χ2v) is 7.67. The Labute approximate surface area is 168 Å². The van der Waals surface area contributed by atoms with Gasteiger partial charge in [-0.3, -0.25) is 9.48 Å². The fourth-order valence-corrected chi connectivity index (χ4v) is 4.16. The summed E-state index contributed by atoms with van der Waals surface area (Å²) in [5.41, 5.74) is -1.19. The topological polar surface area (TPSA) is 92.4 Å². The molecule has 0 saturated carbocycles. The van der Waals surface area contributed by atoms with E-state index in [9.17, 15) is 18.0 Å². The highest BCUT2D eigenvalue weighted by Crippen LogP contribution is 2.33. The summed E-state index contributed by atoms with van der Waals surface area (Å²) in [5, 5.41) is 13.4. The standard InChI is InChI=1S/C18H19F3N8O/c1-27-9-13(15(26-27)18(19,20)21)24-17(30)12-6-22-29-5-4-14(25-16(12)29)28-7-10-2-3-11(8-28)23-10/h4-6,9-11,23H,2-3,7-8H2,1H3,(H,24,30). The van der Waals surface area contributed by atoms with Gasteiger partial charge >= 0.3 is 6.18 Å². The predicted molar refractivity (Wildman–Crippen MR) is 101 cm³/mol. The Kier molecular flexibility index (Phi) is 4.20. The Morgan fingerprint density at radius 2 is 2.00 bits per heavy atom. The van der Waals surface area contributed by atoms with Crippen molar-refractivity contribution in [1.82, 2.24) is 29.7 Å². The summed E-state index contributed by atoms with van der Waals surface area (Å²) in [6, 6.07) is 2.66. The van der Waals surface area contributed by atoms with Crippen LogP contribution in [0.4, 0.5) is 24.7 Å². The zero-order valence-corrected chi connectivity index (χ0v) is 16.0. The molecule has 2 saturated heterocycles. The summed E-state index contributed by atoms with van der Waals surface area (Å²) in [7, 11) is 1.36. The molecule has 2 aliphatic rings. The van der Waals surface area contributed by atoms with Gasteiger partial charge in [-0.1, -0.05) is 0 Å². The minimum absolute atomic E-state index is 0.0898. The van der Waals surface area contributed by atoms with E-state index in [2.05, 4.69) is 30.7 Å². The highest BCUT2D eigenvalue weighted by atomic mass is 19.4. The molecule has 0 aromatic carbocycles. The molecule has 1 amide bonds. The lowest BCUT2D eigenvalue weighted by molar-refractivity contribution is -0.140. The number of rotatable bonds is 3. The van der Waals surface area contributed by atoms with E-state index in [-0.39, 0.29) is 11.2 Å². The molecule has 9 nitrogen and oxygen atoms in total. The normalized spacial score (nSPS) is 21.4. The molecule has 2 N–H and O–H groups in total. The minimum atomic E-state index is -4.68. The highest BCUT2D eigenvalue weighted by Gasteiger charge is 2.38. The fraction of sp³-hybridized carbons (Fsp3) is 0.444.